The van der Waals surface area contributed by atoms with Crippen molar-refractivity contribution in [1.29, 1.82) is 0 Å². The molecule has 1 aliphatic rings. The zero-order valence-electron chi connectivity index (χ0n) is 17.8. The maximum absolute atomic E-state index is 12.8. The molecule has 10 heteroatoms. The van der Waals surface area contributed by atoms with Gasteiger partial charge in [0.05, 0.1) is 5.75 Å². The van der Waals surface area contributed by atoms with Gasteiger partial charge in [0, 0.05) is 40.3 Å². The van der Waals surface area contributed by atoms with Crippen molar-refractivity contribution in [3.63, 3.8) is 0 Å². The minimum Gasteiger partial charge on any atom is -0.348 e. The molecule has 1 aromatic carbocycles. The van der Waals surface area contributed by atoms with Gasteiger partial charge in [0.1, 0.15) is 11.3 Å². The average molecular weight is 447 g/mol. The highest BCUT2D eigenvalue weighted by atomic mass is 32.2. The molecule has 9 nitrogen and oxygen atoms in total. The highest BCUT2D eigenvalue weighted by Crippen LogP contribution is 2.12. The van der Waals surface area contributed by atoms with Crippen LogP contribution in [0.2, 0.25) is 0 Å². The maximum atomic E-state index is 12.8. The molecule has 0 bridgehead atoms. The van der Waals surface area contributed by atoms with Crippen LogP contribution in [0.15, 0.2) is 41.2 Å². The van der Waals surface area contributed by atoms with Crippen LogP contribution in [-0.2, 0) is 23.1 Å². The number of fused-ring (bicyclic) bond motifs is 1. The second-order valence-corrected chi connectivity index (χ2v) is 9.95. The van der Waals surface area contributed by atoms with Gasteiger partial charge >= 0.3 is 0 Å². The number of rotatable bonds is 7. The van der Waals surface area contributed by atoms with E-state index in [1.807, 2.05) is 31.2 Å². The number of carbonyl (C=O) groups excluding carboxylic acids is 2. The summed E-state index contributed by atoms with van der Waals surface area (Å²) in [7, 11) is -0.562. The molecule has 0 fully saturated rings. The van der Waals surface area contributed by atoms with Crippen molar-refractivity contribution in [2.24, 2.45) is 0 Å². The topological polar surface area (TPSA) is 109 Å². The van der Waals surface area contributed by atoms with Gasteiger partial charge in [-0.05, 0) is 24.6 Å². The van der Waals surface area contributed by atoms with Gasteiger partial charge < -0.3 is 14.8 Å². The lowest BCUT2D eigenvalue weighted by atomic mass is 10.1. The molecule has 2 amide bonds. The zero-order chi connectivity index (χ0) is 22.8. The van der Waals surface area contributed by atoms with E-state index >= 15 is 0 Å². The lowest BCUT2D eigenvalue weighted by Gasteiger charge is -2.30. The van der Waals surface area contributed by atoms with Crippen LogP contribution in [0, 0.1) is 6.92 Å². The Morgan fingerprint density at radius 3 is 2.39 bits per heavy atom. The fourth-order valence-corrected chi connectivity index (χ4v) is 4.07. The number of nitrogens with one attached hydrogen (secondary N) is 1. The fourth-order valence-electron chi connectivity index (χ4n) is 3.25. The molecule has 31 heavy (non-hydrogen) atoms. The van der Waals surface area contributed by atoms with E-state index < -0.39 is 27.4 Å². The molecular formula is C21H26N4O5S. The number of carbonyl (C=O) groups is 2. The third-order valence-electron chi connectivity index (χ3n) is 5.27. The molecule has 166 valence electrons. The van der Waals surface area contributed by atoms with E-state index in [0.29, 0.717) is 0 Å². The van der Waals surface area contributed by atoms with Crippen molar-refractivity contribution in [2.75, 3.05) is 32.9 Å². The largest absolute Gasteiger partial charge is 0.348 e. The highest BCUT2D eigenvalue weighted by molar-refractivity contribution is 7.89. The third-order valence-corrected chi connectivity index (χ3v) is 7.08. The Balaban J connectivity index is 1.72. The van der Waals surface area contributed by atoms with Crippen molar-refractivity contribution in [2.45, 2.75) is 20.0 Å². The number of amides is 2. The summed E-state index contributed by atoms with van der Waals surface area (Å²) in [4.78, 5) is 39.5. The Kier molecular flexibility index (Phi) is 6.61. The first-order chi connectivity index (χ1) is 14.6. The zero-order valence-corrected chi connectivity index (χ0v) is 18.6. The molecule has 1 N–H and O–H groups in total. The van der Waals surface area contributed by atoms with Crippen LogP contribution >= 0.6 is 0 Å². The van der Waals surface area contributed by atoms with E-state index in [9.17, 15) is 22.8 Å². The first-order valence-corrected chi connectivity index (χ1v) is 11.5. The van der Waals surface area contributed by atoms with Crippen LogP contribution in [0.3, 0.4) is 0 Å². The molecule has 1 aromatic heterocycles. The molecule has 1 aliphatic heterocycles. The van der Waals surface area contributed by atoms with Gasteiger partial charge in [-0.1, -0.05) is 29.8 Å². The van der Waals surface area contributed by atoms with Crippen LogP contribution in [-0.4, -0.2) is 66.9 Å². The third kappa shape index (κ3) is 5.02. The standard InChI is InChI=1S/C21H26N4O5S/c1-15-4-6-16(7-5-15)14-22-19(26)17-8-9-18-21(28)24(10-11-25(18)20(17)27)12-13-31(29,30)23(2)3/h4-9H,10-14H2,1-3H3,(H,22,26). The summed E-state index contributed by atoms with van der Waals surface area (Å²) in [5.74, 6) is -1.13. The van der Waals surface area contributed by atoms with Gasteiger partial charge in [0.25, 0.3) is 17.4 Å². The molecule has 0 unspecified atom stereocenters. The fraction of sp³-hybridized carbons (Fsp3) is 0.381. The number of benzene rings is 1. The molecule has 0 aliphatic carbocycles. The van der Waals surface area contributed by atoms with Crippen LogP contribution in [0.5, 0.6) is 0 Å². The number of pyridine rings is 1. The molecule has 0 atom stereocenters. The minimum absolute atomic E-state index is 0.0341. The first-order valence-electron chi connectivity index (χ1n) is 9.87. The summed E-state index contributed by atoms with van der Waals surface area (Å²) in [6.07, 6.45) is 0. The number of aromatic nitrogens is 1. The molecule has 0 saturated heterocycles. The lowest BCUT2D eigenvalue weighted by Crippen LogP contribution is -2.47. The summed E-state index contributed by atoms with van der Waals surface area (Å²) in [6.45, 7) is 2.68. The number of aryl methyl sites for hydroxylation is 1. The summed E-state index contributed by atoms with van der Waals surface area (Å²) < 4.78 is 26.3. The van der Waals surface area contributed by atoms with Gasteiger partial charge in [-0.15, -0.1) is 0 Å². The van der Waals surface area contributed by atoms with Crippen molar-refractivity contribution in [3.05, 3.63) is 69.1 Å². The van der Waals surface area contributed by atoms with Gasteiger partial charge in [-0.25, -0.2) is 12.7 Å². The SMILES string of the molecule is Cc1ccc(CNC(=O)c2ccc3n(c2=O)CCN(CCS(=O)(=O)N(C)C)C3=O)cc1. The predicted molar refractivity (Wildman–Crippen MR) is 116 cm³/mol. The Morgan fingerprint density at radius 1 is 1.06 bits per heavy atom. The van der Waals surface area contributed by atoms with Crippen molar-refractivity contribution < 1.29 is 18.0 Å². The molecule has 0 spiro atoms. The van der Waals surface area contributed by atoms with Crippen LogP contribution in [0.1, 0.15) is 32.0 Å². The Hall–Kier alpha value is -2.98. The van der Waals surface area contributed by atoms with Crippen molar-refractivity contribution in [1.82, 2.24) is 19.1 Å². The average Bonchev–Trinajstić information content (AvgIpc) is 2.73. The van der Waals surface area contributed by atoms with E-state index in [-0.39, 0.29) is 43.2 Å². The van der Waals surface area contributed by atoms with E-state index in [0.717, 1.165) is 15.4 Å². The number of hydrogen-bond acceptors (Lipinski definition) is 5. The summed E-state index contributed by atoms with van der Waals surface area (Å²) in [5.41, 5.74) is 1.60. The van der Waals surface area contributed by atoms with Gasteiger partial charge in [0.2, 0.25) is 10.0 Å². The Bertz CT molecular complexity index is 1150. The summed E-state index contributed by atoms with van der Waals surface area (Å²) in [6, 6.07) is 10.5. The van der Waals surface area contributed by atoms with Crippen molar-refractivity contribution in [3.8, 4) is 0 Å². The second-order valence-electron chi connectivity index (χ2n) is 7.65. The van der Waals surface area contributed by atoms with Gasteiger partial charge in [0.15, 0.2) is 0 Å². The summed E-state index contributed by atoms with van der Waals surface area (Å²) >= 11 is 0. The molecule has 2 heterocycles. The van der Waals surface area contributed by atoms with E-state index in [2.05, 4.69) is 5.32 Å². The van der Waals surface area contributed by atoms with E-state index in [4.69, 9.17) is 0 Å². The number of hydrogen-bond donors (Lipinski definition) is 1. The van der Waals surface area contributed by atoms with E-state index in [1.54, 1.807) is 0 Å². The number of nitrogens with zero attached hydrogens (tertiary/aromatic N) is 3. The predicted octanol–water partition coefficient (Wildman–Crippen LogP) is 0.434. The first kappa shape index (κ1) is 22.7. The minimum atomic E-state index is -3.44. The van der Waals surface area contributed by atoms with Crippen LogP contribution in [0.25, 0.3) is 0 Å². The lowest BCUT2D eigenvalue weighted by molar-refractivity contribution is 0.0710. The summed E-state index contributed by atoms with van der Waals surface area (Å²) in [5, 5.41) is 2.73. The Labute approximate surface area is 181 Å². The normalized spacial score (nSPS) is 13.9. The smallest absolute Gasteiger partial charge is 0.270 e. The molecule has 2 aromatic rings. The highest BCUT2D eigenvalue weighted by Gasteiger charge is 2.28. The molecule has 3 rings (SSSR count). The maximum Gasteiger partial charge on any atom is 0.270 e. The van der Waals surface area contributed by atoms with Crippen LogP contribution in [0.4, 0.5) is 0 Å². The second kappa shape index (κ2) is 9.03. The quantitative estimate of drug-likeness (QED) is 0.664. The van der Waals surface area contributed by atoms with Gasteiger partial charge in [-0.3, -0.25) is 14.4 Å². The van der Waals surface area contributed by atoms with Crippen LogP contribution < -0.4 is 10.9 Å². The Morgan fingerprint density at radius 2 is 1.74 bits per heavy atom. The molecule has 0 saturated carbocycles. The number of sulfonamides is 1. The molecular weight excluding hydrogens is 420 g/mol. The van der Waals surface area contributed by atoms with Gasteiger partial charge in [-0.2, -0.15) is 0 Å². The van der Waals surface area contributed by atoms with Crippen molar-refractivity contribution >= 4 is 21.8 Å². The monoisotopic (exact) mass is 446 g/mol. The molecule has 0 radical (unpaired) electrons. The van der Waals surface area contributed by atoms with E-state index in [1.165, 1.54) is 35.7 Å².